The molecule has 1 spiro atoms. The van der Waals surface area contributed by atoms with Crippen LogP contribution in [0.15, 0.2) is 67.8 Å². The molecule has 3 amide bonds. The van der Waals surface area contributed by atoms with Crippen molar-refractivity contribution < 1.29 is 24.2 Å². The molecule has 0 saturated carbocycles. The van der Waals surface area contributed by atoms with E-state index in [0.29, 0.717) is 31.6 Å². The Hall–Kier alpha value is -3.49. The lowest BCUT2D eigenvalue weighted by molar-refractivity contribution is -0.154. The summed E-state index contributed by atoms with van der Waals surface area (Å²) in [5.41, 5.74) is -1.45. The highest BCUT2D eigenvalue weighted by Gasteiger charge is 2.80. The number of carbonyl (C=O) groups is 3. The van der Waals surface area contributed by atoms with Crippen molar-refractivity contribution in [2.45, 2.75) is 77.2 Å². The Balaban J connectivity index is 1.67. The van der Waals surface area contributed by atoms with Crippen LogP contribution in [0.4, 0.5) is 5.69 Å². The second-order valence-corrected chi connectivity index (χ2v) is 13.4. The summed E-state index contributed by atoms with van der Waals surface area (Å²) in [6.07, 6.45) is 5.32. The maximum atomic E-state index is 15.1. The molecule has 2 bridgehead atoms. The first kappa shape index (κ1) is 32.9. The van der Waals surface area contributed by atoms with Crippen LogP contribution in [0.25, 0.3) is 10.8 Å². The Morgan fingerprint density at radius 1 is 1.11 bits per heavy atom. The van der Waals surface area contributed by atoms with Crippen LogP contribution in [-0.4, -0.2) is 82.2 Å². The van der Waals surface area contributed by atoms with Crippen molar-refractivity contribution in [3.63, 3.8) is 0 Å². The average Bonchev–Trinajstić information content (AvgIpc) is 3.55. The topological polar surface area (TPSA) is 90.4 Å². The Kier molecular flexibility index (Phi) is 9.30. The normalized spacial score (nSPS) is 29.8. The molecular formula is C37H49N3O5. The molecule has 3 aliphatic rings. The number of carbonyl (C=O) groups excluding carboxylic acids is 3. The molecule has 3 saturated heterocycles. The van der Waals surface area contributed by atoms with Crippen molar-refractivity contribution >= 4 is 34.2 Å². The van der Waals surface area contributed by atoms with Gasteiger partial charge in [0.05, 0.1) is 30.1 Å². The van der Waals surface area contributed by atoms with E-state index in [2.05, 4.69) is 20.1 Å². The van der Waals surface area contributed by atoms with Crippen LogP contribution in [0.5, 0.6) is 0 Å². The first-order valence-corrected chi connectivity index (χ1v) is 16.5. The van der Waals surface area contributed by atoms with E-state index in [1.807, 2.05) is 70.2 Å². The molecular weight excluding hydrogens is 566 g/mol. The number of rotatable bonds is 13. The Morgan fingerprint density at radius 3 is 2.42 bits per heavy atom. The van der Waals surface area contributed by atoms with Gasteiger partial charge in [-0.15, -0.1) is 13.2 Å². The average molecular weight is 616 g/mol. The van der Waals surface area contributed by atoms with E-state index in [0.717, 1.165) is 17.2 Å². The van der Waals surface area contributed by atoms with Gasteiger partial charge < -0.3 is 24.5 Å². The molecule has 0 aromatic heterocycles. The fourth-order valence-electron chi connectivity index (χ4n) is 8.36. The minimum absolute atomic E-state index is 0.0809. The molecule has 242 valence electrons. The van der Waals surface area contributed by atoms with Gasteiger partial charge in [-0.25, -0.2) is 0 Å². The summed E-state index contributed by atoms with van der Waals surface area (Å²) < 4.78 is 7.01. The molecule has 0 aliphatic carbocycles. The third kappa shape index (κ3) is 5.10. The number of anilines is 1. The summed E-state index contributed by atoms with van der Waals surface area (Å²) in [4.78, 5) is 49.4. The zero-order chi connectivity index (χ0) is 32.7. The zero-order valence-electron chi connectivity index (χ0n) is 27.4. The number of amides is 3. The molecule has 3 heterocycles. The number of benzene rings is 2. The van der Waals surface area contributed by atoms with Gasteiger partial charge in [-0.2, -0.15) is 0 Å². The van der Waals surface area contributed by atoms with Crippen molar-refractivity contribution in [3.05, 3.63) is 67.8 Å². The van der Waals surface area contributed by atoms with E-state index in [1.54, 1.807) is 26.9 Å². The van der Waals surface area contributed by atoms with Crippen LogP contribution in [0.2, 0.25) is 0 Å². The number of aliphatic hydroxyl groups is 1. The van der Waals surface area contributed by atoms with Crippen LogP contribution in [0.1, 0.15) is 53.9 Å². The predicted octanol–water partition coefficient (Wildman–Crippen LogP) is 5.20. The van der Waals surface area contributed by atoms with Crippen molar-refractivity contribution in [1.29, 1.82) is 0 Å². The number of aliphatic hydroxyl groups excluding tert-OH is 1. The van der Waals surface area contributed by atoms with Gasteiger partial charge in [-0.05, 0) is 54.5 Å². The van der Waals surface area contributed by atoms with Gasteiger partial charge in [0.25, 0.3) is 5.91 Å². The largest absolute Gasteiger partial charge is 0.394 e. The summed E-state index contributed by atoms with van der Waals surface area (Å²) in [6, 6.07) is 12.2. The molecule has 2 aromatic rings. The maximum absolute atomic E-state index is 15.1. The summed E-state index contributed by atoms with van der Waals surface area (Å²) in [5, 5.41) is 12.8. The van der Waals surface area contributed by atoms with Gasteiger partial charge in [0.1, 0.15) is 11.6 Å². The van der Waals surface area contributed by atoms with Gasteiger partial charge >= 0.3 is 0 Å². The first-order chi connectivity index (χ1) is 21.5. The molecule has 8 atom stereocenters. The Bertz CT molecular complexity index is 1470. The highest BCUT2D eigenvalue weighted by molar-refractivity contribution is 6.06. The number of hydrogen-bond donors (Lipinski definition) is 1. The third-order valence-electron chi connectivity index (χ3n) is 10.9. The molecule has 8 nitrogen and oxygen atoms in total. The maximum Gasteiger partial charge on any atom is 0.253 e. The van der Waals surface area contributed by atoms with E-state index in [9.17, 15) is 14.7 Å². The summed E-state index contributed by atoms with van der Waals surface area (Å²) in [6.45, 7) is 18.7. The summed E-state index contributed by atoms with van der Waals surface area (Å²) >= 11 is 0. The number of likely N-dealkylation sites (tertiary alicyclic amines) is 1. The summed E-state index contributed by atoms with van der Waals surface area (Å²) in [7, 11) is 0. The van der Waals surface area contributed by atoms with Crippen LogP contribution < -0.4 is 4.90 Å². The molecule has 2 aromatic carbocycles. The van der Waals surface area contributed by atoms with Crippen LogP contribution in [0.3, 0.4) is 0 Å². The Morgan fingerprint density at radius 2 is 1.80 bits per heavy atom. The van der Waals surface area contributed by atoms with E-state index >= 15 is 4.79 Å². The molecule has 8 heteroatoms. The minimum atomic E-state index is -1.22. The highest BCUT2D eigenvalue weighted by atomic mass is 16.5. The molecule has 45 heavy (non-hydrogen) atoms. The van der Waals surface area contributed by atoms with Gasteiger partial charge in [-0.3, -0.25) is 14.4 Å². The molecule has 3 fully saturated rings. The van der Waals surface area contributed by atoms with Crippen molar-refractivity contribution in [2.24, 2.45) is 23.7 Å². The zero-order valence-corrected chi connectivity index (χ0v) is 27.4. The number of fused-ring (bicyclic) bond motifs is 2. The molecule has 3 aliphatic heterocycles. The third-order valence-corrected chi connectivity index (χ3v) is 10.9. The monoisotopic (exact) mass is 615 g/mol. The van der Waals surface area contributed by atoms with E-state index in [4.69, 9.17) is 4.74 Å². The van der Waals surface area contributed by atoms with Gasteiger partial charge in [0, 0.05) is 25.3 Å². The Labute approximate surface area is 267 Å². The van der Waals surface area contributed by atoms with E-state index in [1.165, 1.54) is 0 Å². The fraction of sp³-hybridized carbons (Fsp3) is 0.541. The molecule has 5 rings (SSSR count). The van der Waals surface area contributed by atoms with Gasteiger partial charge in [0.15, 0.2) is 0 Å². The van der Waals surface area contributed by atoms with Crippen molar-refractivity contribution in [1.82, 2.24) is 9.80 Å². The number of nitrogens with zero attached hydrogens (tertiary/aromatic N) is 3. The molecule has 3 unspecified atom stereocenters. The van der Waals surface area contributed by atoms with E-state index in [-0.39, 0.29) is 42.7 Å². The lowest BCUT2D eigenvalue weighted by Crippen LogP contribution is -2.60. The smallest absolute Gasteiger partial charge is 0.253 e. The summed E-state index contributed by atoms with van der Waals surface area (Å²) in [5.74, 6) is -2.48. The predicted molar refractivity (Wildman–Crippen MR) is 178 cm³/mol. The SMILES string of the molecule is C=CCN(CCC)C(=O)[C@H]1[C@H]2C(=O)N([C@@H](CO)[C@@H](C)CC)C(C(=O)N(CC=C)c3ccc4ccccc4c3)C23CC(C)[C@]1(C)O3. The van der Waals surface area contributed by atoms with E-state index < -0.39 is 35.1 Å². The van der Waals surface area contributed by atoms with Gasteiger partial charge in [0.2, 0.25) is 11.8 Å². The lowest BCUT2D eigenvalue weighted by atomic mass is 9.62. The first-order valence-electron chi connectivity index (χ1n) is 16.5. The number of hydrogen-bond acceptors (Lipinski definition) is 5. The van der Waals surface area contributed by atoms with Crippen LogP contribution >= 0.6 is 0 Å². The lowest BCUT2D eigenvalue weighted by Gasteiger charge is -2.41. The highest BCUT2D eigenvalue weighted by Crippen LogP contribution is 2.66. The van der Waals surface area contributed by atoms with Crippen LogP contribution in [0, 0.1) is 23.7 Å². The fourth-order valence-corrected chi connectivity index (χ4v) is 8.36. The number of ether oxygens (including phenoxy) is 1. The second kappa shape index (κ2) is 12.7. The van der Waals surface area contributed by atoms with Crippen molar-refractivity contribution in [3.8, 4) is 0 Å². The minimum Gasteiger partial charge on any atom is -0.394 e. The van der Waals surface area contributed by atoms with Crippen molar-refractivity contribution in [2.75, 3.05) is 31.1 Å². The molecule has 1 N–H and O–H groups in total. The van der Waals surface area contributed by atoms with Gasteiger partial charge in [-0.1, -0.05) is 76.6 Å². The van der Waals surface area contributed by atoms with Crippen LogP contribution in [-0.2, 0) is 19.1 Å². The quantitative estimate of drug-likeness (QED) is 0.313. The molecule has 0 radical (unpaired) electrons. The second-order valence-electron chi connectivity index (χ2n) is 13.4. The standard InChI is InChI=1S/C37H49N3O5/c1-8-18-38(19-9-2)33(42)30-31-34(43)40(29(23-41)24(5)11-4)32(37(31)22-25(6)36(30,7)45-37)35(44)39(20-10-3)28-17-16-26-14-12-13-15-27(26)21-28/h8,10,12-17,21,24-25,29-32,41H,1,3,9,11,18-20,22-23H2,2,4-7H3/t24-,25?,29-,30+,31-,32?,36-,37?/m0/s1.